The van der Waals surface area contributed by atoms with E-state index >= 15 is 0 Å². The molecular formula is C10H11N3O. The van der Waals surface area contributed by atoms with Crippen LogP contribution in [0.3, 0.4) is 0 Å². The molecule has 4 heteroatoms. The van der Waals surface area contributed by atoms with Crippen LogP contribution in [-0.4, -0.2) is 10.1 Å². The average molecular weight is 189 g/mol. The fraction of sp³-hybridized carbons (Fsp3) is 0.200. The van der Waals surface area contributed by atoms with Crippen LogP contribution >= 0.6 is 0 Å². The first-order valence-corrected chi connectivity index (χ1v) is 4.48. The third-order valence-electron chi connectivity index (χ3n) is 1.92. The van der Waals surface area contributed by atoms with Crippen LogP contribution < -0.4 is 5.73 Å². The average Bonchev–Trinajstić information content (AvgIpc) is 2.66. The lowest BCUT2D eigenvalue weighted by Gasteiger charge is -1.94. The maximum absolute atomic E-state index is 5.65. The first-order chi connectivity index (χ1) is 6.79. The molecule has 2 rings (SSSR count). The van der Waals surface area contributed by atoms with Crippen molar-refractivity contribution in [3.8, 4) is 11.5 Å². The van der Waals surface area contributed by atoms with Crippen molar-refractivity contribution in [1.82, 2.24) is 10.1 Å². The molecule has 0 saturated heterocycles. The Morgan fingerprint density at radius 3 is 2.93 bits per heavy atom. The van der Waals surface area contributed by atoms with E-state index in [0.717, 1.165) is 12.0 Å². The van der Waals surface area contributed by atoms with E-state index in [1.807, 2.05) is 31.2 Å². The molecule has 1 heterocycles. The largest absolute Gasteiger partial charge is 0.399 e. The van der Waals surface area contributed by atoms with Crippen molar-refractivity contribution in [2.45, 2.75) is 13.3 Å². The molecule has 1 aromatic heterocycles. The van der Waals surface area contributed by atoms with Crippen LogP contribution in [0.5, 0.6) is 0 Å². The Balaban J connectivity index is 2.39. The van der Waals surface area contributed by atoms with Gasteiger partial charge in [-0.1, -0.05) is 18.1 Å². The third-order valence-corrected chi connectivity index (χ3v) is 1.92. The van der Waals surface area contributed by atoms with Gasteiger partial charge in [-0.25, -0.2) is 0 Å². The highest BCUT2D eigenvalue weighted by molar-refractivity contribution is 5.59. The van der Waals surface area contributed by atoms with Gasteiger partial charge in [-0.15, -0.1) is 0 Å². The molecule has 2 N–H and O–H groups in total. The minimum absolute atomic E-state index is 0.522. The highest BCUT2D eigenvalue weighted by Gasteiger charge is 2.06. The minimum Gasteiger partial charge on any atom is -0.399 e. The highest BCUT2D eigenvalue weighted by atomic mass is 16.5. The number of hydrogen-bond acceptors (Lipinski definition) is 4. The summed E-state index contributed by atoms with van der Waals surface area (Å²) >= 11 is 0. The summed E-state index contributed by atoms with van der Waals surface area (Å²) < 4.78 is 5.08. The number of nitrogen functional groups attached to an aromatic ring is 1. The summed E-state index contributed by atoms with van der Waals surface area (Å²) in [5.74, 6) is 1.23. The van der Waals surface area contributed by atoms with E-state index in [4.69, 9.17) is 10.3 Å². The first kappa shape index (κ1) is 8.74. The Labute approximate surface area is 81.7 Å². The molecule has 0 aliphatic carbocycles. The van der Waals surface area contributed by atoms with Crippen molar-refractivity contribution in [2.24, 2.45) is 0 Å². The molecule has 0 aliphatic rings. The van der Waals surface area contributed by atoms with Gasteiger partial charge in [-0.3, -0.25) is 0 Å². The number of rotatable bonds is 2. The van der Waals surface area contributed by atoms with Gasteiger partial charge >= 0.3 is 0 Å². The quantitative estimate of drug-likeness (QED) is 0.732. The number of benzene rings is 1. The lowest BCUT2D eigenvalue weighted by atomic mass is 10.2. The van der Waals surface area contributed by atoms with Gasteiger partial charge in [0.05, 0.1) is 0 Å². The third kappa shape index (κ3) is 1.59. The van der Waals surface area contributed by atoms with Crippen LogP contribution in [0.15, 0.2) is 28.8 Å². The van der Waals surface area contributed by atoms with E-state index < -0.39 is 0 Å². The summed E-state index contributed by atoms with van der Waals surface area (Å²) in [5, 5.41) is 3.81. The standard InChI is InChI=1S/C10H11N3O/c1-2-9-12-10(14-13-9)7-4-3-5-8(11)6-7/h3-6H,2,11H2,1H3. The fourth-order valence-corrected chi connectivity index (χ4v) is 1.19. The van der Waals surface area contributed by atoms with Crippen LogP contribution in [0, 0.1) is 0 Å². The summed E-state index contributed by atoms with van der Waals surface area (Å²) in [6.45, 7) is 1.98. The van der Waals surface area contributed by atoms with E-state index in [1.54, 1.807) is 0 Å². The van der Waals surface area contributed by atoms with Crippen molar-refractivity contribution in [2.75, 3.05) is 5.73 Å². The lowest BCUT2D eigenvalue weighted by Crippen LogP contribution is -1.85. The predicted octanol–water partition coefficient (Wildman–Crippen LogP) is 1.88. The summed E-state index contributed by atoms with van der Waals surface area (Å²) in [4.78, 5) is 4.21. The van der Waals surface area contributed by atoms with Crippen LogP contribution in [0.25, 0.3) is 11.5 Å². The molecule has 0 radical (unpaired) electrons. The van der Waals surface area contributed by atoms with E-state index in [9.17, 15) is 0 Å². The van der Waals surface area contributed by atoms with Gasteiger partial charge in [0.15, 0.2) is 5.82 Å². The zero-order valence-electron chi connectivity index (χ0n) is 7.90. The van der Waals surface area contributed by atoms with Gasteiger partial charge in [-0.05, 0) is 18.2 Å². The van der Waals surface area contributed by atoms with Gasteiger partial charge in [-0.2, -0.15) is 4.98 Å². The van der Waals surface area contributed by atoms with E-state index in [2.05, 4.69) is 10.1 Å². The Kier molecular flexibility index (Phi) is 2.18. The number of aromatic nitrogens is 2. The van der Waals surface area contributed by atoms with Crippen LogP contribution in [0.1, 0.15) is 12.7 Å². The Morgan fingerprint density at radius 2 is 2.29 bits per heavy atom. The second-order valence-electron chi connectivity index (χ2n) is 2.99. The zero-order chi connectivity index (χ0) is 9.97. The summed E-state index contributed by atoms with van der Waals surface area (Å²) in [6.07, 6.45) is 0.770. The Hall–Kier alpha value is -1.84. The van der Waals surface area contributed by atoms with Crippen molar-refractivity contribution in [3.63, 3.8) is 0 Å². The first-order valence-electron chi connectivity index (χ1n) is 4.48. The molecule has 0 atom stereocenters. The monoisotopic (exact) mass is 189 g/mol. The molecule has 0 saturated carbocycles. The van der Waals surface area contributed by atoms with E-state index in [-0.39, 0.29) is 0 Å². The second-order valence-corrected chi connectivity index (χ2v) is 2.99. The zero-order valence-corrected chi connectivity index (χ0v) is 7.90. The predicted molar refractivity (Wildman–Crippen MR) is 53.5 cm³/mol. The fourth-order valence-electron chi connectivity index (χ4n) is 1.19. The maximum Gasteiger partial charge on any atom is 0.257 e. The second kappa shape index (κ2) is 3.49. The molecule has 0 aliphatic heterocycles. The minimum atomic E-state index is 0.522. The molecule has 0 amide bonds. The number of nitrogens with two attached hydrogens (primary N) is 1. The normalized spacial score (nSPS) is 10.4. The molecule has 2 aromatic rings. The van der Waals surface area contributed by atoms with Gasteiger partial charge < -0.3 is 10.3 Å². The van der Waals surface area contributed by atoms with Gasteiger partial charge in [0.1, 0.15) is 0 Å². The van der Waals surface area contributed by atoms with Crippen molar-refractivity contribution in [1.29, 1.82) is 0 Å². The number of nitrogens with zero attached hydrogens (tertiary/aromatic N) is 2. The maximum atomic E-state index is 5.65. The molecule has 14 heavy (non-hydrogen) atoms. The summed E-state index contributed by atoms with van der Waals surface area (Å²) in [5.41, 5.74) is 7.20. The van der Waals surface area contributed by atoms with E-state index in [0.29, 0.717) is 17.4 Å². The van der Waals surface area contributed by atoms with Crippen molar-refractivity contribution in [3.05, 3.63) is 30.1 Å². The molecule has 0 bridgehead atoms. The molecule has 4 nitrogen and oxygen atoms in total. The van der Waals surface area contributed by atoms with Crippen LogP contribution in [0.2, 0.25) is 0 Å². The van der Waals surface area contributed by atoms with Crippen molar-refractivity contribution >= 4 is 5.69 Å². The van der Waals surface area contributed by atoms with Crippen molar-refractivity contribution < 1.29 is 4.52 Å². The molecule has 0 fully saturated rings. The van der Waals surface area contributed by atoms with Gasteiger partial charge in [0.2, 0.25) is 0 Å². The molecule has 0 unspecified atom stereocenters. The molecule has 0 spiro atoms. The number of aryl methyl sites for hydroxylation is 1. The lowest BCUT2D eigenvalue weighted by molar-refractivity contribution is 0.423. The Bertz CT molecular complexity index is 436. The van der Waals surface area contributed by atoms with Crippen LogP contribution in [0.4, 0.5) is 5.69 Å². The molecular weight excluding hydrogens is 178 g/mol. The van der Waals surface area contributed by atoms with E-state index in [1.165, 1.54) is 0 Å². The van der Waals surface area contributed by atoms with Crippen LogP contribution in [-0.2, 0) is 6.42 Å². The Morgan fingerprint density at radius 1 is 1.43 bits per heavy atom. The SMILES string of the molecule is CCc1noc(-c2cccc(N)c2)n1. The molecule has 72 valence electrons. The molecule has 1 aromatic carbocycles. The smallest absolute Gasteiger partial charge is 0.257 e. The van der Waals surface area contributed by atoms with Gasteiger partial charge in [0, 0.05) is 17.7 Å². The number of anilines is 1. The van der Waals surface area contributed by atoms with Gasteiger partial charge in [0.25, 0.3) is 5.89 Å². The summed E-state index contributed by atoms with van der Waals surface area (Å²) in [7, 11) is 0. The summed E-state index contributed by atoms with van der Waals surface area (Å²) in [6, 6.07) is 7.39. The topological polar surface area (TPSA) is 64.9 Å². The number of hydrogen-bond donors (Lipinski definition) is 1. The highest BCUT2D eigenvalue weighted by Crippen LogP contribution is 2.19.